The number of carbonyl (C=O) groups excluding carboxylic acids is 2. The summed E-state index contributed by atoms with van der Waals surface area (Å²) in [5.74, 6) is -0.0108. The van der Waals surface area contributed by atoms with E-state index in [0.717, 1.165) is 16.8 Å². The van der Waals surface area contributed by atoms with Gasteiger partial charge in [0.1, 0.15) is 5.82 Å². The van der Waals surface area contributed by atoms with Crippen LogP contribution in [0.2, 0.25) is 5.02 Å². The molecule has 6 nitrogen and oxygen atoms in total. The highest BCUT2D eigenvalue weighted by Gasteiger charge is 2.35. The lowest BCUT2D eigenvalue weighted by Gasteiger charge is -2.17. The Bertz CT molecular complexity index is 1030. The van der Waals surface area contributed by atoms with Gasteiger partial charge in [0.25, 0.3) is 0 Å². The number of carbonyl (C=O) groups is 2. The van der Waals surface area contributed by atoms with E-state index in [1.165, 1.54) is 0 Å². The summed E-state index contributed by atoms with van der Waals surface area (Å²) in [7, 11) is 0. The minimum atomic E-state index is -0.400. The Morgan fingerprint density at radius 1 is 1.14 bits per heavy atom. The Morgan fingerprint density at radius 2 is 1.86 bits per heavy atom. The van der Waals surface area contributed by atoms with Crippen LogP contribution >= 0.6 is 11.6 Å². The molecule has 3 aromatic rings. The van der Waals surface area contributed by atoms with Crippen molar-refractivity contribution in [1.82, 2.24) is 9.78 Å². The first kappa shape index (κ1) is 19.2. The summed E-state index contributed by atoms with van der Waals surface area (Å²) in [6, 6.07) is 17.0. The van der Waals surface area contributed by atoms with E-state index in [2.05, 4.69) is 10.4 Å². The Labute approximate surface area is 174 Å². The molecule has 0 radical (unpaired) electrons. The summed E-state index contributed by atoms with van der Waals surface area (Å²) in [6.45, 7) is 2.89. The molecule has 1 saturated heterocycles. The maximum Gasteiger partial charge on any atom is 0.230 e. The lowest BCUT2D eigenvalue weighted by atomic mass is 10.1. The van der Waals surface area contributed by atoms with E-state index in [0.29, 0.717) is 23.9 Å². The van der Waals surface area contributed by atoms with Gasteiger partial charge in [-0.3, -0.25) is 9.59 Å². The number of anilines is 2. The molecular weight excluding hydrogens is 388 g/mol. The third-order valence-electron chi connectivity index (χ3n) is 5.05. The van der Waals surface area contributed by atoms with Gasteiger partial charge in [-0.25, -0.2) is 4.68 Å². The van der Waals surface area contributed by atoms with Crippen LogP contribution in [-0.2, 0) is 16.1 Å². The molecule has 0 saturated carbocycles. The van der Waals surface area contributed by atoms with Crippen molar-refractivity contribution in [3.05, 3.63) is 76.9 Å². The molecule has 1 fully saturated rings. The Hall–Kier alpha value is -3.12. The van der Waals surface area contributed by atoms with Crippen molar-refractivity contribution in [2.75, 3.05) is 16.8 Å². The van der Waals surface area contributed by atoms with Crippen LogP contribution < -0.4 is 10.2 Å². The summed E-state index contributed by atoms with van der Waals surface area (Å²) in [6.07, 6.45) is 1.84. The van der Waals surface area contributed by atoms with Crippen LogP contribution in [0, 0.1) is 12.8 Å². The summed E-state index contributed by atoms with van der Waals surface area (Å²) >= 11 is 5.93. The highest BCUT2D eigenvalue weighted by molar-refractivity contribution is 6.30. The molecule has 0 aliphatic carbocycles. The fourth-order valence-corrected chi connectivity index (χ4v) is 3.54. The zero-order valence-electron chi connectivity index (χ0n) is 16.0. The average Bonchev–Trinajstić information content (AvgIpc) is 3.31. The number of aryl methyl sites for hydroxylation is 1. The van der Waals surface area contributed by atoms with Crippen LogP contribution in [0.25, 0.3) is 0 Å². The molecule has 1 unspecified atom stereocenters. The number of nitrogens with zero attached hydrogens (tertiary/aromatic N) is 3. The van der Waals surface area contributed by atoms with E-state index in [9.17, 15) is 9.59 Å². The van der Waals surface area contributed by atoms with Crippen LogP contribution in [0.1, 0.15) is 17.5 Å². The van der Waals surface area contributed by atoms with Crippen molar-refractivity contribution < 1.29 is 9.59 Å². The van der Waals surface area contributed by atoms with E-state index in [4.69, 9.17) is 11.6 Å². The number of amides is 2. The van der Waals surface area contributed by atoms with Gasteiger partial charge in [-0.2, -0.15) is 5.10 Å². The van der Waals surface area contributed by atoms with Crippen molar-refractivity contribution in [3.63, 3.8) is 0 Å². The van der Waals surface area contributed by atoms with Crippen molar-refractivity contribution in [1.29, 1.82) is 0 Å². The maximum atomic E-state index is 12.8. The fourth-order valence-electron chi connectivity index (χ4n) is 3.41. The monoisotopic (exact) mass is 408 g/mol. The molecular formula is C22H21ClN4O2. The van der Waals surface area contributed by atoms with Gasteiger partial charge in [0, 0.05) is 29.7 Å². The molecule has 0 bridgehead atoms. The molecule has 2 amide bonds. The molecule has 1 N–H and O–H groups in total. The number of hydrogen-bond donors (Lipinski definition) is 1. The topological polar surface area (TPSA) is 67.2 Å². The Balaban J connectivity index is 1.42. The quantitative estimate of drug-likeness (QED) is 0.696. The Kier molecular flexibility index (Phi) is 5.36. The SMILES string of the molecule is Cc1ccc(N2CC(C(=O)Nc3ccnn3Cc3ccc(Cl)cc3)CC2=O)cc1. The van der Waals surface area contributed by atoms with Gasteiger partial charge < -0.3 is 10.2 Å². The minimum absolute atomic E-state index is 0.0383. The zero-order chi connectivity index (χ0) is 20.4. The van der Waals surface area contributed by atoms with Crippen molar-refractivity contribution in [2.24, 2.45) is 5.92 Å². The van der Waals surface area contributed by atoms with E-state index < -0.39 is 5.92 Å². The second-order valence-corrected chi connectivity index (χ2v) is 7.67. The van der Waals surface area contributed by atoms with Gasteiger partial charge >= 0.3 is 0 Å². The number of rotatable bonds is 5. The predicted molar refractivity (Wildman–Crippen MR) is 113 cm³/mol. The summed E-state index contributed by atoms with van der Waals surface area (Å²) in [5, 5.41) is 7.89. The highest BCUT2D eigenvalue weighted by Crippen LogP contribution is 2.26. The lowest BCUT2D eigenvalue weighted by molar-refractivity contribution is -0.122. The number of benzene rings is 2. The van der Waals surface area contributed by atoms with E-state index in [1.54, 1.807) is 21.8 Å². The summed E-state index contributed by atoms with van der Waals surface area (Å²) in [5.41, 5.74) is 2.97. The second-order valence-electron chi connectivity index (χ2n) is 7.23. The molecule has 0 spiro atoms. The fraction of sp³-hybridized carbons (Fsp3) is 0.227. The van der Waals surface area contributed by atoms with Crippen LogP contribution in [0.4, 0.5) is 11.5 Å². The molecule has 7 heteroatoms. The highest BCUT2D eigenvalue weighted by atomic mass is 35.5. The lowest BCUT2D eigenvalue weighted by Crippen LogP contribution is -2.28. The van der Waals surface area contributed by atoms with Gasteiger partial charge in [0.05, 0.1) is 18.7 Å². The molecule has 29 heavy (non-hydrogen) atoms. The Morgan fingerprint density at radius 3 is 2.59 bits per heavy atom. The standard InChI is InChI=1S/C22H21ClN4O2/c1-15-2-8-19(9-3-15)26-14-17(12-21(26)28)22(29)25-20-10-11-24-27(20)13-16-4-6-18(23)7-5-16/h2-11,17H,12-14H2,1H3,(H,25,29). The molecule has 1 aliphatic heterocycles. The first-order valence-electron chi connectivity index (χ1n) is 9.44. The summed E-state index contributed by atoms with van der Waals surface area (Å²) in [4.78, 5) is 26.9. The number of halogens is 1. The molecule has 4 rings (SSSR count). The average molecular weight is 409 g/mol. The third-order valence-corrected chi connectivity index (χ3v) is 5.31. The van der Waals surface area contributed by atoms with Crippen LogP contribution in [0.15, 0.2) is 60.8 Å². The third kappa shape index (κ3) is 4.32. The van der Waals surface area contributed by atoms with Gasteiger partial charge in [0.2, 0.25) is 11.8 Å². The second kappa shape index (κ2) is 8.09. The van der Waals surface area contributed by atoms with Gasteiger partial charge in [-0.15, -0.1) is 0 Å². The van der Waals surface area contributed by atoms with Gasteiger partial charge in [0.15, 0.2) is 0 Å². The van der Waals surface area contributed by atoms with Gasteiger partial charge in [-0.1, -0.05) is 41.4 Å². The van der Waals surface area contributed by atoms with Gasteiger partial charge in [-0.05, 0) is 36.8 Å². The minimum Gasteiger partial charge on any atom is -0.312 e. The molecule has 2 heterocycles. The largest absolute Gasteiger partial charge is 0.312 e. The maximum absolute atomic E-state index is 12.8. The van der Waals surface area contributed by atoms with Crippen molar-refractivity contribution in [3.8, 4) is 0 Å². The van der Waals surface area contributed by atoms with Crippen LogP contribution in [-0.4, -0.2) is 28.1 Å². The van der Waals surface area contributed by atoms with Crippen molar-refractivity contribution >= 4 is 34.9 Å². The smallest absolute Gasteiger partial charge is 0.230 e. The van der Waals surface area contributed by atoms with Crippen LogP contribution in [0.3, 0.4) is 0 Å². The van der Waals surface area contributed by atoms with Crippen LogP contribution in [0.5, 0.6) is 0 Å². The molecule has 148 valence electrons. The number of hydrogen-bond acceptors (Lipinski definition) is 3. The molecule has 1 aliphatic rings. The molecule has 1 atom stereocenters. The number of aromatic nitrogens is 2. The van der Waals surface area contributed by atoms with E-state index >= 15 is 0 Å². The van der Waals surface area contributed by atoms with E-state index in [1.807, 2.05) is 55.5 Å². The zero-order valence-corrected chi connectivity index (χ0v) is 16.8. The number of nitrogens with one attached hydrogen (secondary N) is 1. The van der Waals surface area contributed by atoms with E-state index in [-0.39, 0.29) is 18.2 Å². The predicted octanol–water partition coefficient (Wildman–Crippen LogP) is 3.88. The molecule has 1 aromatic heterocycles. The molecule has 2 aromatic carbocycles. The normalized spacial score (nSPS) is 16.3. The first-order valence-corrected chi connectivity index (χ1v) is 9.81. The van der Waals surface area contributed by atoms with Crippen molar-refractivity contribution in [2.45, 2.75) is 19.9 Å². The summed E-state index contributed by atoms with van der Waals surface area (Å²) < 4.78 is 1.72. The first-order chi connectivity index (χ1) is 14.0.